The molecular weight excluding hydrogens is 258 g/mol. The molecule has 110 valence electrons. The highest BCUT2D eigenvalue weighted by Crippen LogP contribution is 2.34. The summed E-state index contributed by atoms with van der Waals surface area (Å²) >= 11 is 0. The molecule has 0 radical (unpaired) electrons. The molecular formula is C19H23NO. The van der Waals surface area contributed by atoms with Crippen LogP contribution in [0.3, 0.4) is 0 Å². The molecule has 0 spiro atoms. The van der Waals surface area contributed by atoms with Crippen molar-refractivity contribution in [3.05, 3.63) is 70.8 Å². The number of hydrogen-bond donors (Lipinski definition) is 1. The van der Waals surface area contributed by atoms with E-state index < -0.39 is 0 Å². The fourth-order valence-electron chi connectivity index (χ4n) is 3.15. The molecule has 1 heterocycles. The molecule has 1 aliphatic rings. The van der Waals surface area contributed by atoms with Gasteiger partial charge in [0.1, 0.15) is 6.23 Å². The first kappa shape index (κ1) is 14.3. The predicted octanol–water partition coefficient (Wildman–Crippen LogP) is 3.81. The van der Waals surface area contributed by atoms with E-state index in [1.54, 1.807) is 0 Å². The molecule has 2 aromatic rings. The van der Waals surface area contributed by atoms with Crippen molar-refractivity contribution in [2.24, 2.45) is 0 Å². The molecule has 0 saturated carbocycles. The van der Waals surface area contributed by atoms with Crippen LogP contribution >= 0.6 is 0 Å². The van der Waals surface area contributed by atoms with Gasteiger partial charge >= 0.3 is 0 Å². The Morgan fingerprint density at radius 2 is 1.38 bits per heavy atom. The topological polar surface area (TPSA) is 23.5 Å². The van der Waals surface area contributed by atoms with Crippen LogP contribution in [0.15, 0.2) is 48.5 Å². The maximum atomic E-state index is 10.3. The lowest BCUT2D eigenvalue weighted by atomic mass is 9.95. The van der Waals surface area contributed by atoms with Gasteiger partial charge in [0.2, 0.25) is 0 Å². The zero-order valence-corrected chi connectivity index (χ0v) is 12.8. The summed E-state index contributed by atoms with van der Waals surface area (Å²) in [5, 5.41) is 10.3. The zero-order valence-electron chi connectivity index (χ0n) is 12.8. The monoisotopic (exact) mass is 281 g/mol. The van der Waals surface area contributed by atoms with Crippen LogP contribution in [-0.4, -0.2) is 22.8 Å². The lowest BCUT2D eigenvalue weighted by molar-refractivity contribution is 0.0182. The van der Waals surface area contributed by atoms with Crippen LogP contribution in [0, 0.1) is 13.8 Å². The fourth-order valence-corrected chi connectivity index (χ4v) is 3.15. The normalized spacial score (nSPS) is 19.3. The van der Waals surface area contributed by atoms with Gasteiger partial charge in [0.15, 0.2) is 0 Å². The van der Waals surface area contributed by atoms with E-state index in [0.717, 1.165) is 19.4 Å². The summed E-state index contributed by atoms with van der Waals surface area (Å²) in [5.41, 5.74) is 5.04. The number of hydrogen-bond acceptors (Lipinski definition) is 2. The first-order valence-electron chi connectivity index (χ1n) is 7.72. The summed E-state index contributed by atoms with van der Waals surface area (Å²) < 4.78 is 0. The number of aryl methyl sites for hydroxylation is 2. The minimum absolute atomic E-state index is 0.142. The Bertz CT molecular complexity index is 542. The standard InChI is InChI=1S/C19H23NO/c1-14-5-9-16(10-6-14)19(20-13-3-4-18(20)21)17-11-7-15(2)8-12-17/h5-12,18-19,21H,3-4,13H2,1-2H3. The lowest BCUT2D eigenvalue weighted by Gasteiger charge is -2.31. The van der Waals surface area contributed by atoms with Gasteiger partial charge in [-0.2, -0.15) is 0 Å². The number of aliphatic hydroxyl groups excluding tert-OH is 1. The molecule has 0 bridgehead atoms. The van der Waals surface area contributed by atoms with Gasteiger partial charge in [-0.3, -0.25) is 4.90 Å². The van der Waals surface area contributed by atoms with Crippen LogP contribution in [0.4, 0.5) is 0 Å². The van der Waals surface area contributed by atoms with Crippen molar-refractivity contribution < 1.29 is 5.11 Å². The van der Waals surface area contributed by atoms with Crippen LogP contribution < -0.4 is 0 Å². The highest BCUT2D eigenvalue weighted by molar-refractivity contribution is 5.35. The Morgan fingerprint density at radius 3 is 1.76 bits per heavy atom. The molecule has 21 heavy (non-hydrogen) atoms. The molecule has 2 heteroatoms. The van der Waals surface area contributed by atoms with Crippen molar-refractivity contribution in [1.29, 1.82) is 0 Å². The number of aliphatic hydroxyl groups is 1. The largest absolute Gasteiger partial charge is 0.378 e. The molecule has 0 aromatic heterocycles. The van der Waals surface area contributed by atoms with Crippen LogP contribution in [0.5, 0.6) is 0 Å². The third-order valence-electron chi connectivity index (χ3n) is 4.38. The van der Waals surface area contributed by atoms with Gasteiger partial charge in [0, 0.05) is 6.54 Å². The van der Waals surface area contributed by atoms with Crippen molar-refractivity contribution in [1.82, 2.24) is 4.90 Å². The van der Waals surface area contributed by atoms with Crippen LogP contribution in [0.1, 0.15) is 41.1 Å². The van der Waals surface area contributed by atoms with Gasteiger partial charge < -0.3 is 5.11 Å². The number of benzene rings is 2. The fraction of sp³-hybridized carbons (Fsp3) is 0.368. The lowest BCUT2D eigenvalue weighted by Crippen LogP contribution is -2.34. The molecule has 2 aromatic carbocycles. The highest BCUT2D eigenvalue weighted by Gasteiger charge is 2.31. The van der Waals surface area contributed by atoms with Gasteiger partial charge in [-0.25, -0.2) is 0 Å². The Kier molecular flexibility index (Phi) is 4.09. The van der Waals surface area contributed by atoms with Crippen LogP contribution in [-0.2, 0) is 0 Å². The summed E-state index contributed by atoms with van der Waals surface area (Å²) in [4.78, 5) is 2.22. The second kappa shape index (κ2) is 6.00. The van der Waals surface area contributed by atoms with Gasteiger partial charge in [-0.15, -0.1) is 0 Å². The molecule has 2 nitrogen and oxygen atoms in total. The van der Waals surface area contributed by atoms with E-state index in [2.05, 4.69) is 67.3 Å². The van der Waals surface area contributed by atoms with Crippen molar-refractivity contribution >= 4 is 0 Å². The van der Waals surface area contributed by atoms with E-state index in [1.807, 2.05) is 0 Å². The molecule has 3 rings (SSSR count). The van der Waals surface area contributed by atoms with Gasteiger partial charge in [0.05, 0.1) is 6.04 Å². The van der Waals surface area contributed by atoms with E-state index in [9.17, 15) is 5.11 Å². The molecule has 1 N–H and O–H groups in total. The Hall–Kier alpha value is -1.64. The molecule has 1 fully saturated rings. The van der Waals surface area contributed by atoms with Crippen molar-refractivity contribution in [2.75, 3.05) is 6.54 Å². The number of rotatable bonds is 3. The second-order valence-corrected chi connectivity index (χ2v) is 6.08. The minimum atomic E-state index is -0.336. The Balaban J connectivity index is 2.01. The van der Waals surface area contributed by atoms with E-state index in [4.69, 9.17) is 0 Å². The summed E-state index contributed by atoms with van der Waals surface area (Å²) in [6.45, 7) is 5.16. The maximum Gasteiger partial charge on any atom is 0.108 e. The van der Waals surface area contributed by atoms with Gasteiger partial charge in [-0.05, 0) is 37.8 Å². The Morgan fingerprint density at radius 1 is 0.905 bits per heavy atom. The molecule has 0 amide bonds. The smallest absolute Gasteiger partial charge is 0.108 e. The van der Waals surface area contributed by atoms with Crippen molar-refractivity contribution in [3.63, 3.8) is 0 Å². The van der Waals surface area contributed by atoms with Crippen LogP contribution in [0.2, 0.25) is 0 Å². The zero-order chi connectivity index (χ0) is 14.8. The van der Waals surface area contributed by atoms with E-state index in [1.165, 1.54) is 22.3 Å². The number of likely N-dealkylation sites (tertiary alicyclic amines) is 1. The second-order valence-electron chi connectivity index (χ2n) is 6.08. The average molecular weight is 281 g/mol. The third-order valence-corrected chi connectivity index (χ3v) is 4.38. The molecule has 0 aliphatic carbocycles. The van der Waals surface area contributed by atoms with Crippen molar-refractivity contribution in [2.45, 2.75) is 39.0 Å². The first-order valence-corrected chi connectivity index (χ1v) is 7.72. The van der Waals surface area contributed by atoms with E-state index in [0.29, 0.717) is 0 Å². The molecule has 1 aliphatic heterocycles. The molecule has 1 saturated heterocycles. The van der Waals surface area contributed by atoms with E-state index in [-0.39, 0.29) is 12.3 Å². The maximum absolute atomic E-state index is 10.3. The summed E-state index contributed by atoms with van der Waals surface area (Å²) in [7, 11) is 0. The summed E-state index contributed by atoms with van der Waals surface area (Å²) in [6.07, 6.45) is 1.60. The van der Waals surface area contributed by atoms with Crippen molar-refractivity contribution in [3.8, 4) is 0 Å². The average Bonchev–Trinajstić information content (AvgIpc) is 2.90. The third kappa shape index (κ3) is 3.02. The van der Waals surface area contributed by atoms with Gasteiger partial charge in [0.25, 0.3) is 0 Å². The van der Waals surface area contributed by atoms with E-state index >= 15 is 0 Å². The highest BCUT2D eigenvalue weighted by atomic mass is 16.3. The predicted molar refractivity (Wildman–Crippen MR) is 86.1 cm³/mol. The minimum Gasteiger partial charge on any atom is -0.378 e. The van der Waals surface area contributed by atoms with Crippen LogP contribution in [0.25, 0.3) is 0 Å². The summed E-state index contributed by atoms with van der Waals surface area (Å²) in [5.74, 6) is 0. The first-order chi connectivity index (χ1) is 10.1. The summed E-state index contributed by atoms with van der Waals surface area (Å²) in [6, 6.07) is 17.5. The Labute approximate surface area is 127 Å². The van der Waals surface area contributed by atoms with Gasteiger partial charge in [-0.1, -0.05) is 59.7 Å². The molecule has 1 atom stereocenters. The number of nitrogens with zero attached hydrogens (tertiary/aromatic N) is 1. The SMILES string of the molecule is Cc1ccc(C(c2ccc(C)cc2)N2CCCC2O)cc1. The quantitative estimate of drug-likeness (QED) is 0.925. The molecule has 1 unspecified atom stereocenters.